The molecule has 1 rings (SSSR count). The first-order valence-corrected chi connectivity index (χ1v) is 7.00. The molecule has 0 radical (unpaired) electrons. The predicted molar refractivity (Wildman–Crippen MR) is 77.0 cm³/mol. The number of hydrogen-bond donors (Lipinski definition) is 0. The third kappa shape index (κ3) is 4.26. The monoisotopic (exact) mass is 247 g/mol. The summed E-state index contributed by atoms with van der Waals surface area (Å²) < 4.78 is 0. The SMILES string of the molecule is CCCCCN(C)C(CC)C(=O)c1ccccc1. The van der Waals surface area contributed by atoms with Crippen LogP contribution in [0.15, 0.2) is 30.3 Å². The van der Waals surface area contributed by atoms with Gasteiger partial charge in [-0.2, -0.15) is 0 Å². The number of carbonyl (C=O) groups is 1. The van der Waals surface area contributed by atoms with Gasteiger partial charge in [0, 0.05) is 5.56 Å². The Hall–Kier alpha value is -1.15. The highest BCUT2D eigenvalue weighted by Crippen LogP contribution is 2.12. The standard InChI is InChI=1S/C16H25NO/c1-4-6-10-13-17(3)15(5-2)16(18)14-11-8-7-9-12-14/h7-9,11-12,15H,4-6,10,13H2,1-3H3. The Morgan fingerprint density at radius 1 is 1.17 bits per heavy atom. The summed E-state index contributed by atoms with van der Waals surface area (Å²) in [5.74, 6) is 0.247. The zero-order chi connectivity index (χ0) is 13.4. The molecule has 0 aromatic heterocycles. The number of hydrogen-bond acceptors (Lipinski definition) is 2. The van der Waals surface area contributed by atoms with Crippen molar-refractivity contribution in [2.24, 2.45) is 0 Å². The number of nitrogens with zero attached hydrogens (tertiary/aromatic N) is 1. The largest absolute Gasteiger partial charge is 0.296 e. The smallest absolute Gasteiger partial charge is 0.179 e. The van der Waals surface area contributed by atoms with Crippen molar-refractivity contribution in [3.63, 3.8) is 0 Å². The van der Waals surface area contributed by atoms with E-state index in [2.05, 4.69) is 25.8 Å². The number of likely N-dealkylation sites (N-methyl/N-ethyl adjacent to an activating group) is 1. The quantitative estimate of drug-likeness (QED) is 0.515. The molecule has 0 aliphatic heterocycles. The lowest BCUT2D eigenvalue weighted by Gasteiger charge is -2.26. The Balaban J connectivity index is 2.62. The van der Waals surface area contributed by atoms with E-state index in [0.29, 0.717) is 0 Å². The molecule has 2 heteroatoms. The Kier molecular flexibility index (Phi) is 6.66. The molecule has 1 aromatic rings. The highest BCUT2D eigenvalue weighted by atomic mass is 16.1. The van der Waals surface area contributed by atoms with E-state index in [-0.39, 0.29) is 11.8 Å². The highest BCUT2D eigenvalue weighted by Gasteiger charge is 2.21. The van der Waals surface area contributed by atoms with Crippen molar-refractivity contribution in [2.75, 3.05) is 13.6 Å². The first-order chi connectivity index (χ1) is 8.70. The number of ketones is 1. The lowest BCUT2D eigenvalue weighted by Crippen LogP contribution is -2.38. The molecule has 100 valence electrons. The lowest BCUT2D eigenvalue weighted by atomic mass is 10.0. The van der Waals surface area contributed by atoms with Gasteiger partial charge in [0.05, 0.1) is 6.04 Å². The summed E-state index contributed by atoms with van der Waals surface area (Å²) in [5.41, 5.74) is 0.826. The van der Waals surface area contributed by atoms with Crippen LogP contribution in [0, 0.1) is 0 Å². The van der Waals surface area contributed by atoms with Gasteiger partial charge in [0.2, 0.25) is 0 Å². The Morgan fingerprint density at radius 3 is 2.39 bits per heavy atom. The van der Waals surface area contributed by atoms with Crippen LogP contribution in [0.3, 0.4) is 0 Å². The zero-order valence-electron chi connectivity index (χ0n) is 11.9. The fourth-order valence-electron chi connectivity index (χ4n) is 2.26. The third-order valence-electron chi connectivity index (χ3n) is 3.39. The molecule has 0 N–H and O–H groups in total. The molecule has 1 unspecified atom stereocenters. The van der Waals surface area contributed by atoms with Crippen molar-refractivity contribution < 1.29 is 4.79 Å². The second-order valence-electron chi connectivity index (χ2n) is 4.84. The summed E-state index contributed by atoms with van der Waals surface area (Å²) in [6.45, 7) is 5.29. The Morgan fingerprint density at radius 2 is 1.83 bits per heavy atom. The van der Waals surface area contributed by atoms with Crippen molar-refractivity contribution in [3.8, 4) is 0 Å². The first-order valence-electron chi connectivity index (χ1n) is 7.00. The van der Waals surface area contributed by atoms with E-state index in [1.165, 1.54) is 19.3 Å². The summed E-state index contributed by atoms with van der Waals surface area (Å²) in [7, 11) is 2.06. The first kappa shape index (κ1) is 14.9. The Bertz CT molecular complexity index is 347. The molecule has 0 aliphatic carbocycles. The Labute approximate surface area is 111 Å². The average Bonchev–Trinajstić information content (AvgIpc) is 2.41. The topological polar surface area (TPSA) is 20.3 Å². The minimum atomic E-state index is 0.0178. The van der Waals surface area contributed by atoms with Gasteiger partial charge in [-0.15, -0.1) is 0 Å². The van der Waals surface area contributed by atoms with Crippen molar-refractivity contribution in [1.29, 1.82) is 0 Å². The highest BCUT2D eigenvalue weighted by molar-refractivity contribution is 6.00. The maximum Gasteiger partial charge on any atom is 0.179 e. The van der Waals surface area contributed by atoms with Gasteiger partial charge in [0.15, 0.2) is 5.78 Å². The van der Waals surface area contributed by atoms with Crippen molar-refractivity contribution in [3.05, 3.63) is 35.9 Å². The van der Waals surface area contributed by atoms with Gasteiger partial charge < -0.3 is 0 Å². The molecule has 0 amide bonds. The van der Waals surface area contributed by atoms with Gasteiger partial charge in [-0.25, -0.2) is 0 Å². The number of carbonyl (C=O) groups excluding carboxylic acids is 1. The van der Waals surface area contributed by atoms with Crippen LogP contribution >= 0.6 is 0 Å². The van der Waals surface area contributed by atoms with E-state index in [1.54, 1.807) is 0 Å². The molecule has 0 saturated heterocycles. The van der Waals surface area contributed by atoms with Gasteiger partial charge in [0.1, 0.15) is 0 Å². The van der Waals surface area contributed by atoms with Crippen LogP contribution in [0.2, 0.25) is 0 Å². The average molecular weight is 247 g/mol. The summed E-state index contributed by atoms with van der Waals surface area (Å²) >= 11 is 0. The maximum absolute atomic E-state index is 12.4. The van der Waals surface area contributed by atoms with Gasteiger partial charge >= 0.3 is 0 Å². The number of Topliss-reactive ketones (excluding diaryl/α,β-unsaturated/α-hetero) is 1. The second kappa shape index (κ2) is 8.04. The third-order valence-corrected chi connectivity index (χ3v) is 3.39. The van der Waals surface area contributed by atoms with Crippen LogP contribution in [0.4, 0.5) is 0 Å². The van der Waals surface area contributed by atoms with Crippen molar-refractivity contribution >= 4 is 5.78 Å². The van der Waals surface area contributed by atoms with Crippen LogP contribution in [0.25, 0.3) is 0 Å². The van der Waals surface area contributed by atoms with Crippen LogP contribution in [0.1, 0.15) is 49.9 Å². The molecule has 18 heavy (non-hydrogen) atoms. The van der Waals surface area contributed by atoms with E-state index in [1.807, 2.05) is 30.3 Å². The maximum atomic E-state index is 12.4. The number of rotatable bonds is 8. The van der Waals surface area contributed by atoms with Crippen LogP contribution < -0.4 is 0 Å². The van der Waals surface area contributed by atoms with Gasteiger partial charge in [0.25, 0.3) is 0 Å². The molecule has 0 heterocycles. The van der Waals surface area contributed by atoms with Crippen molar-refractivity contribution in [2.45, 2.75) is 45.6 Å². The number of benzene rings is 1. The second-order valence-corrected chi connectivity index (χ2v) is 4.84. The van der Waals surface area contributed by atoms with Gasteiger partial charge in [-0.1, -0.05) is 57.0 Å². The molecule has 0 fully saturated rings. The number of unbranched alkanes of at least 4 members (excludes halogenated alkanes) is 2. The minimum absolute atomic E-state index is 0.0178. The van der Waals surface area contributed by atoms with Crippen LogP contribution in [-0.4, -0.2) is 30.3 Å². The van der Waals surface area contributed by atoms with E-state index < -0.39 is 0 Å². The van der Waals surface area contributed by atoms with Crippen molar-refractivity contribution in [1.82, 2.24) is 4.90 Å². The minimum Gasteiger partial charge on any atom is -0.296 e. The fraction of sp³-hybridized carbons (Fsp3) is 0.562. The van der Waals surface area contributed by atoms with E-state index in [4.69, 9.17) is 0 Å². The molecule has 1 atom stereocenters. The molecule has 2 nitrogen and oxygen atoms in total. The zero-order valence-corrected chi connectivity index (χ0v) is 11.9. The molecular weight excluding hydrogens is 222 g/mol. The molecule has 0 bridgehead atoms. The summed E-state index contributed by atoms with van der Waals surface area (Å²) in [5, 5.41) is 0. The predicted octanol–water partition coefficient (Wildman–Crippen LogP) is 3.77. The molecular formula is C16H25NO. The van der Waals surface area contributed by atoms with Crippen LogP contribution in [-0.2, 0) is 0 Å². The fourth-order valence-corrected chi connectivity index (χ4v) is 2.26. The normalized spacial score (nSPS) is 12.7. The van der Waals surface area contributed by atoms with E-state index in [9.17, 15) is 4.79 Å². The van der Waals surface area contributed by atoms with Crippen LogP contribution in [0.5, 0.6) is 0 Å². The lowest BCUT2D eigenvalue weighted by molar-refractivity contribution is 0.0844. The summed E-state index contributed by atoms with van der Waals surface area (Å²) in [6.07, 6.45) is 4.50. The summed E-state index contributed by atoms with van der Waals surface area (Å²) in [6, 6.07) is 9.64. The molecule has 0 saturated carbocycles. The van der Waals surface area contributed by atoms with E-state index >= 15 is 0 Å². The molecule has 0 aliphatic rings. The summed E-state index contributed by atoms with van der Waals surface area (Å²) in [4.78, 5) is 14.6. The molecule has 0 spiro atoms. The van der Waals surface area contributed by atoms with Gasteiger partial charge in [-0.05, 0) is 26.4 Å². The molecule has 1 aromatic carbocycles. The van der Waals surface area contributed by atoms with E-state index in [0.717, 1.165) is 18.5 Å². The van der Waals surface area contributed by atoms with Gasteiger partial charge in [-0.3, -0.25) is 9.69 Å².